The van der Waals surface area contributed by atoms with Crippen molar-refractivity contribution >= 4 is 10.0 Å². The Balaban J connectivity index is 2.55. The lowest BCUT2D eigenvalue weighted by atomic mass is 10.2. The van der Waals surface area contributed by atoms with Crippen LogP contribution in [0.2, 0.25) is 0 Å². The van der Waals surface area contributed by atoms with Crippen molar-refractivity contribution in [3.05, 3.63) is 0 Å². The van der Waals surface area contributed by atoms with Crippen LogP contribution in [0.15, 0.2) is 0 Å². The molecule has 0 aromatic rings. The third-order valence-electron chi connectivity index (χ3n) is 2.58. The summed E-state index contributed by atoms with van der Waals surface area (Å²) in [7, 11) is -3.05. The highest BCUT2D eigenvalue weighted by Gasteiger charge is 2.27. The summed E-state index contributed by atoms with van der Waals surface area (Å²) in [4.78, 5) is 2.10. The summed E-state index contributed by atoms with van der Waals surface area (Å²) in [5, 5.41) is 8.79. The molecule has 0 aromatic heterocycles. The minimum Gasteiger partial charge on any atom is -0.395 e. The fraction of sp³-hybridized carbons (Fsp3) is 1.00. The number of β-amino-alcohol motifs (C(OH)–C–C–N with tert-alkyl or cyclic N) is 1. The molecule has 1 N–H and O–H groups in total. The Morgan fingerprint density at radius 2 is 2.07 bits per heavy atom. The molecule has 5 nitrogen and oxygen atoms in total. The van der Waals surface area contributed by atoms with Crippen LogP contribution in [-0.4, -0.2) is 67.8 Å². The quantitative estimate of drug-likeness (QED) is 0.661. The van der Waals surface area contributed by atoms with Crippen molar-refractivity contribution in [2.24, 2.45) is 0 Å². The van der Waals surface area contributed by atoms with Crippen molar-refractivity contribution in [1.82, 2.24) is 9.21 Å². The summed E-state index contributed by atoms with van der Waals surface area (Å²) in [5.41, 5.74) is 0. The lowest BCUT2D eigenvalue weighted by Crippen LogP contribution is -2.53. The van der Waals surface area contributed by atoms with Crippen molar-refractivity contribution in [3.63, 3.8) is 0 Å². The number of piperazine rings is 1. The van der Waals surface area contributed by atoms with Gasteiger partial charge in [0.05, 0.1) is 12.9 Å². The van der Waals surface area contributed by atoms with E-state index in [4.69, 9.17) is 5.11 Å². The second-order valence-electron chi connectivity index (χ2n) is 3.73. The molecule has 0 aliphatic carbocycles. The Bertz CT molecular complexity index is 278. The summed E-state index contributed by atoms with van der Waals surface area (Å²) in [6.45, 7) is 4.49. The van der Waals surface area contributed by atoms with Crippen LogP contribution in [0.1, 0.15) is 6.92 Å². The van der Waals surface area contributed by atoms with Crippen molar-refractivity contribution in [2.75, 3.05) is 39.0 Å². The van der Waals surface area contributed by atoms with Crippen molar-refractivity contribution in [3.8, 4) is 0 Å². The van der Waals surface area contributed by atoms with Gasteiger partial charge in [0.2, 0.25) is 10.0 Å². The fourth-order valence-electron chi connectivity index (χ4n) is 1.72. The van der Waals surface area contributed by atoms with Crippen LogP contribution in [0, 0.1) is 0 Å². The summed E-state index contributed by atoms with van der Waals surface area (Å²) >= 11 is 0. The summed E-state index contributed by atoms with van der Waals surface area (Å²) in [5.74, 6) is 0. The molecule has 0 amide bonds. The van der Waals surface area contributed by atoms with Gasteiger partial charge in [0.25, 0.3) is 0 Å². The monoisotopic (exact) mass is 222 g/mol. The van der Waals surface area contributed by atoms with E-state index in [9.17, 15) is 8.42 Å². The van der Waals surface area contributed by atoms with E-state index in [1.807, 2.05) is 6.92 Å². The molecule has 0 spiro atoms. The lowest BCUT2D eigenvalue weighted by molar-refractivity contribution is 0.105. The standard InChI is InChI=1S/C8H18N2O3S/c1-8-7-10(14(2,12)13)4-3-9(8)5-6-11/h8,11H,3-7H2,1-2H3. The Kier molecular flexibility index (Phi) is 3.88. The van der Waals surface area contributed by atoms with Crippen molar-refractivity contribution in [2.45, 2.75) is 13.0 Å². The summed E-state index contributed by atoms with van der Waals surface area (Å²) < 4.78 is 24.0. The molecule has 1 aliphatic heterocycles. The molecule has 14 heavy (non-hydrogen) atoms. The molecular formula is C8H18N2O3S. The van der Waals surface area contributed by atoms with Gasteiger partial charge in [-0.2, -0.15) is 4.31 Å². The first-order valence-electron chi connectivity index (χ1n) is 4.75. The van der Waals surface area contributed by atoms with Crippen molar-refractivity contribution < 1.29 is 13.5 Å². The van der Waals surface area contributed by atoms with Crippen LogP contribution in [0.4, 0.5) is 0 Å². The Labute approximate surface area is 85.4 Å². The van der Waals surface area contributed by atoms with Gasteiger partial charge in [-0.25, -0.2) is 8.42 Å². The first kappa shape index (κ1) is 11.9. The van der Waals surface area contributed by atoms with E-state index >= 15 is 0 Å². The largest absolute Gasteiger partial charge is 0.395 e. The van der Waals surface area contributed by atoms with E-state index in [2.05, 4.69) is 4.90 Å². The normalized spacial score (nSPS) is 26.6. The average molecular weight is 222 g/mol. The highest BCUT2D eigenvalue weighted by Crippen LogP contribution is 2.11. The van der Waals surface area contributed by atoms with Crippen LogP contribution < -0.4 is 0 Å². The molecule has 0 saturated carbocycles. The van der Waals surface area contributed by atoms with Crippen LogP contribution in [0.5, 0.6) is 0 Å². The molecule has 0 bridgehead atoms. The smallest absolute Gasteiger partial charge is 0.211 e. The van der Waals surface area contributed by atoms with E-state index in [0.717, 1.165) is 0 Å². The van der Waals surface area contributed by atoms with Gasteiger partial charge in [-0.05, 0) is 6.92 Å². The van der Waals surface area contributed by atoms with Crippen LogP contribution >= 0.6 is 0 Å². The van der Waals surface area contributed by atoms with Gasteiger partial charge in [0, 0.05) is 32.2 Å². The Morgan fingerprint density at radius 3 is 2.50 bits per heavy atom. The van der Waals surface area contributed by atoms with Gasteiger partial charge >= 0.3 is 0 Å². The molecule has 1 heterocycles. The second kappa shape index (κ2) is 4.57. The minimum absolute atomic E-state index is 0.128. The number of sulfonamides is 1. The predicted molar refractivity (Wildman–Crippen MR) is 54.5 cm³/mol. The van der Waals surface area contributed by atoms with Crippen LogP contribution in [-0.2, 0) is 10.0 Å². The minimum atomic E-state index is -3.05. The highest BCUT2D eigenvalue weighted by molar-refractivity contribution is 7.88. The SMILES string of the molecule is CC1CN(S(C)(=O)=O)CCN1CCO. The average Bonchev–Trinajstić information content (AvgIpc) is 2.07. The van der Waals surface area contributed by atoms with Gasteiger partial charge in [-0.1, -0.05) is 0 Å². The molecule has 1 saturated heterocycles. The molecule has 6 heteroatoms. The molecule has 1 fully saturated rings. The van der Waals surface area contributed by atoms with Gasteiger partial charge < -0.3 is 5.11 Å². The number of rotatable bonds is 3. The highest BCUT2D eigenvalue weighted by atomic mass is 32.2. The molecule has 1 aliphatic rings. The Morgan fingerprint density at radius 1 is 1.43 bits per heavy atom. The molecule has 84 valence electrons. The second-order valence-corrected chi connectivity index (χ2v) is 5.71. The lowest BCUT2D eigenvalue weighted by Gasteiger charge is -2.38. The number of aliphatic hydroxyl groups excluding tert-OH is 1. The molecule has 0 aromatic carbocycles. The van der Waals surface area contributed by atoms with E-state index in [1.54, 1.807) is 0 Å². The number of hydrogen-bond acceptors (Lipinski definition) is 4. The first-order chi connectivity index (χ1) is 6.45. The molecular weight excluding hydrogens is 204 g/mol. The summed E-state index contributed by atoms with van der Waals surface area (Å²) in [6, 6.07) is 0.186. The first-order valence-corrected chi connectivity index (χ1v) is 6.60. The Hall–Kier alpha value is -0.170. The summed E-state index contributed by atoms with van der Waals surface area (Å²) in [6.07, 6.45) is 1.24. The van der Waals surface area contributed by atoms with Gasteiger partial charge in [-0.15, -0.1) is 0 Å². The molecule has 1 rings (SSSR count). The maximum absolute atomic E-state index is 11.3. The van der Waals surface area contributed by atoms with E-state index in [1.165, 1.54) is 10.6 Å². The maximum Gasteiger partial charge on any atom is 0.211 e. The number of nitrogens with zero attached hydrogens (tertiary/aromatic N) is 2. The third-order valence-corrected chi connectivity index (χ3v) is 3.85. The maximum atomic E-state index is 11.3. The van der Waals surface area contributed by atoms with Crippen molar-refractivity contribution in [1.29, 1.82) is 0 Å². The third kappa shape index (κ3) is 2.91. The topological polar surface area (TPSA) is 60.9 Å². The van der Waals surface area contributed by atoms with Gasteiger partial charge in [0.15, 0.2) is 0 Å². The van der Waals surface area contributed by atoms with Crippen LogP contribution in [0.3, 0.4) is 0 Å². The zero-order valence-electron chi connectivity index (χ0n) is 8.68. The fourth-order valence-corrected chi connectivity index (χ4v) is 2.62. The van der Waals surface area contributed by atoms with Gasteiger partial charge in [-0.3, -0.25) is 4.90 Å². The number of aliphatic hydroxyl groups is 1. The molecule has 0 radical (unpaired) electrons. The predicted octanol–water partition coefficient (Wildman–Crippen LogP) is -1.06. The molecule has 1 unspecified atom stereocenters. The molecule has 1 atom stereocenters. The number of hydrogen-bond donors (Lipinski definition) is 1. The van der Waals surface area contributed by atoms with E-state index in [0.29, 0.717) is 26.2 Å². The van der Waals surface area contributed by atoms with E-state index < -0.39 is 10.0 Å². The van der Waals surface area contributed by atoms with Gasteiger partial charge in [0.1, 0.15) is 0 Å². The zero-order valence-corrected chi connectivity index (χ0v) is 9.50. The van der Waals surface area contributed by atoms with E-state index in [-0.39, 0.29) is 12.6 Å². The zero-order chi connectivity index (χ0) is 10.8. The van der Waals surface area contributed by atoms with Crippen LogP contribution in [0.25, 0.3) is 0 Å².